The van der Waals surface area contributed by atoms with E-state index in [9.17, 15) is 14.4 Å². The number of methoxy groups -OCH3 is 1. The highest BCUT2D eigenvalue weighted by Gasteiger charge is 2.36. The standard InChI is InChI=1S/C23H22ClN3O4S/c1-31-19-13-16(26-10-4-5-11-26)9-8-15(19)12-20-22(29)27(23(30)32-20)14-21(28)25-18-7-3-2-6-17(18)24/h2-3,6-9,12-13H,4-5,10-11,14H2,1H3,(H,25,28)/b20-12+. The minimum absolute atomic E-state index is 0.243. The maximum Gasteiger partial charge on any atom is 0.294 e. The summed E-state index contributed by atoms with van der Waals surface area (Å²) in [5.41, 5.74) is 2.19. The molecule has 2 aromatic carbocycles. The first-order valence-corrected chi connectivity index (χ1v) is 11.4. The van der Waals surface area contributed by atoms with Crippen LogP contribution in [0.5, 0.6) is 5.75 Å². The van der Waals surface area contributed by atoms with E-state index in [4.69, 9.17) is 16.3 Å². The summed E-state index contributed by atoms with van der Waals surface area (Å²) in [5, 5.41) is 2.50. The van der Waals surface area contributed by atoms with Gasteiger partial charge in [0.25, 0.3) is 11.1 Å². The topological polar surface area (TPSA) is 79.0 Å². The molecule has 0 saturated carbocycles. The van der Waals surface area contributed by atoms with Crippen molar-refractivity contribution in [2.24, 2.45) is 0 Å². The average molecular weight is 472 g/mol. The van der Waals surface area contributed by atoms with Crippen molar-refractivity contribution < 1.29 is 19.1 Å². The minimum Gasteiger partial charge on any atom is -0.496 e. The van der Waals surface area contributed by atoms with E-state index in [0.717, 1.165) is 35.4 Å². The summed E-state index contributed by atoms with van der Waals surface area (Å²) in [6.07, 6.45) is 3.96. The number of carbonyl (C=O) groups excluding carboxylic acids is 3. The average Bonchev–Trinajstić information content (AvgIpc) is 3.41. The lowest BCUT2D eigenvalue weighted by molar-refractivity contribution is -0.127. The molecular weight excluding hydrogens is 450 g/mol. The van der Waals surface area contributed by atoms with Gasteiger partial charge >= 0.3 is 0 Å². The Kier molecular flexibility index (Phi) is 6.72. The van der Waals surface area contributed by atoms with Crippen LogP contribution in [0.1, 0.15) is 18.4 Å². The fraction of sp³-hybridized carbons (Fsp3) is 0.261. The van der Waals surface area contributed by atoms with Gasteiger partial charge in [0, 0.05) is 30.4 Å². The Labute approximate surface area is 195 Å². The predicted molar refractivity (Wildman–Crippen MR) is 127 cm³/mol. The number of para-hydroxylation sites is 1. The van der Waals surface area contributed by atoms with Crippen LogP contribution in [0.15, 0.2) is 47.4 Å². The Hall–Kier alpha value is -2.97. The Bertz CT molecular complexity index is 1100. The Morgan fingerprint density at radius 1 is 1.19 bits per heavy atom. The molecule has 0 atom stereocenters. The molecule has 4 rings (SSSR count). The van der Waals surface area contributed by atoms with Gasteiger partial charge in [-0.25, -0.2) is 0 Å². The number of carbonyl (C=O) groups is 3. The second-order valence-electron chi connectivity index (χ2n) is 7.42. The van der Waals surface area contributed by atoms with Gasteiger partial charge in [-0.15, -0.1) is 0 Å². The second kappa shape index (κ2) is 9.67. The molecule has 2 fully saturated rings. The number of hydrogen-bond acceptors (Lipinski definition) is 6. The van der Waals surface area contributed by atoms with Crippen molar-refractivity contribution in [1.29, 1.82) is 0 Å². The summed E-state index contributed by atoms with van der Waals surface area (Å²) in [6.45, 7) is 1.63. The van der Waals surface area contributed by atoms with E-state index in [0.29, 0.717) is 22.0 Å². The number of benzene rings is 2. The molecule has 0 unspecified atom stereocenters. The number of anilines is 2. The molecule has 0 bridgehead atoms. The highest BCUT2D eigenvalue weighted by Crippen LogP contribution is 2.35. The lowest BCUT2D eigenvalue weighted by atomic mass is 10.1. The van der Waals surface area contributed by atoms with Crippen LogP contribution in [0.3, 0.4) is 0 Å². The monoisotopic (exact) mass is 471 g/mol. The largest absolute Gasteiger partial charge is 0.496 e. The van der Waals surface area contributed by atoms with Crippen LogP contribution in [0.2, 0.25) is 5.02 Å². The summed E-state index contributed by atoms with van der Waals surface area (Å²) < 4.78 is 5.52. The van der Waals surface area contributed by atoms with E-state index in [2.05, 4.69) is 10.2 Å². The van der Waals surface area contributed by atoms with Crippen molar-refractivity contribution in [3.05, 3.63) is 58.0 Å². The van der Waals surface area contributed by atoms with E-state index in [1.54, 1.807) is 37.5 Å². The number of nitrogens with zero attached hydrogens (tertiary/aromatic N) is 2. The zero-order valence-electron chi connectivity index (χ0n) is 17.5. The van der Waals surface area contributed by atoms with Crippen LogP contribution in [-0.2, 0) is 9.59 Å². The summed E-state index contributed by atoms with van der Waals surface area (Å²) in [5.74, 6) is -0.396. The zero-order valence-corrected chi connectivity index (χ0v) is 19.0. The number of rotatable bonds is 6. The van der Waals surface area contributed by atoms with Crippen molar-refractivity contribution in [3.8, 4) is 5.75 Å². The van der Waals surface area contributed by atoms with Crippen LogP contribution in [0.4, 0.5) is 16.2 Å². The van der Waals surface area contributed by atoms with E-state index < -0.39 is 23.6 Å². The number of halogens is 1. The number of imide groups is 1. The summed E-state index contributed by atoms with van der Waals surface area (Å²) >= 11 is 6.85. The van der Waals surface area contributed by atoms with Crippen LogP contribution >= 0.6 is 23.4 Å². The third kappa shape index (κ3) is 4.76. The molecule has 2 saturated heterocycles. The smallest absolute Gasteiger partial charge is 0.294 e. The molecule has 9 heteroatoms. The molecule has 0 aromatic heterocycles. The molecular formula is C23H22ClN3O4S. The molecule has 7 nitrogen and oxygen atoms in total. The van der Waals surface area contributed by atoms with E-state index >= 15 is 0 Å². The van der Waals surface area contributed by atoms with Crippen molar-refractivity contribution in [2.45, 2.75) is 12.8 Å². The van der Waals surface area contributed by atoms with Crippen LogP contribution in [0, 0.1) is 0 Å². The zero-order chi connectivity index (χ0) is 22.7. The molecule has 1 N–H and O–H groups in total. The number of hydrogen-bond donors (Lipinski definition) is 1. The maximum atomic E-state index is 12.8. The predicted octanol–water partition coefficient (Wildman–Crippen LogP) is 4.62. The molecule has 2 aliphatic heterocycles. The SMILES string of the molecule is COc1cc(N2CCCC2)ccc1/C=C1/SC(=O)N(CC(=O)Nc2ccccc2Cl)C1=O. The molecule has 0 radical (unpaired) electrons. The van der Waals surface area contributed by atoms with Gasteiger partial charge < -0.3 is 15.0 Å². The van der Waals surface area contributed by atoms with Crippen molar-refractivity contribution >= 4 is 57.9 Å². The Morgan fingerprint density at radius 3 is 2.66 bits per heavy atom. The normalized spacial score (nSPS) is 17.4. The number of ether oxygens (including phenoxy) is 1. The minimum atomic E-state index is -0.514. The first-order valence-electron chi connectivity index (χ1n) is 10.2. The number of amides is 3. The van der Waals surface area contributed by atoms with E-state index in [1.807, 2.05) is 18.2 Å². The van der Waals surface area contributed by atoms with Crippen LogP contribution < -0.4 is 15.0 Å². The van der Waals surface area contributed by atoms with Gasteiger partial charge in [-0.2, -0.15) is 0 Å². The maximum absolute atomic E-state index is 12.8. The fourth-order valence-corrected chi connectivity index (χ4v) is 4.68. The molecule has 3 amide bonds. The molecule has 2 aliphatic rings. The van der Waals surface area contributed by atoms with Gasteiger partial charge in [-0.3, -0.25) is 19.3 Å². The van der Waals surface area contributed by atoms with Gasteiger partial charge in [-0.05, 0) is 54.9 Å². The first-order chi connectivity index (χ1) is 15.5. The van der Waals surface area contributed by atoms with Gasteiger partial charge in [-0.1, -0.05) is 23.7 Å². The summed E-state index contributed by atoms with van der Waals surface area (Å²) in [7, 11) is 1.57. The van der Waals surface area contributed by atoms with Gasteiger partial charge in [0.2, 0.25) is 5.91 Å². The third-order valence-electron chi connectivity index (χ3n) is 5.30. The van der Waals surface area contributed by atoms with Gasteiger partial charge in [0.05, 0.1) is 22.7 Å². The Balaban J connectivity index is 1.48. The van der Waals surface area contributed by atoms with Crippen molar-refractivity contribution in [3.63, 3.8) is 0 Å². The van der Waals surface area contributed by atoms with Gasteiger partial charge in [0.15, 0.2) is 0 Å². The second-order valence-corrected chi connectivity index (χ2v) is 8.82. The quantitative estimate of drug-likeness (QED) is 0.619. The molecule has 0 spiro atoms. The molecule has 2 aromatic rings. The van der Waals surface area contributed by atoms with Crippen LogP contribution in [-0.4, -0.2) is 48.7 Å². The fourth-order valence-electron chi connectivity index (χ4n) is 3.66. The molecule has 166 valence electrons. The van der Waals surface area contributed by atoms with E-state index in [1.165, 1.54) is 12.8 Å². The Morgan fingerprint density at radius 2 is 1.94 bits per heavy atom. The molecule has 0 aliphatic carbocycles. The summed E-state index contributed by atoms with van der Waals surface area (Å²) in [6, 6.07) is 12.6. The number of nitrogens with one attached hydrogen (secondary N) is 1. The highest BCUT2D eigenvalue weighted by molar-refractivity contribution is 8.18. The third-order valence-corrected chi connectivity index (χ3v) is 6.54. The summed E-state index contributed by atoms with van der Waals surface area (Å²) in [4.78, 5) is 41.0. The van der Waals surface area contributed by atoms with Crippen LogP contribution in [0.25, 0.3) is 6.08 Å². The first kappa shape index (κ1) is 22.2. The highest BCUT2D eigenvalue weighted by atomic mass is 35.5. The van der Waals surface area contributed by atoms with Crippen molar-refractivity contribution in [1.82, 2.24) is 4.90 Å². The van der Waals surface area contributed by atoms with Crippen molar-refractivity contribution in [2.75, 3.05) is 37.0 Å². The molecule has 2 heterocycles. The van der Waals surface area contributed by atoms with Gasteiger partial charge in [0.1, 0.15) is 12.3 Å². The number of thioether (sulfide) groups is 1. The lowest BCUT2D eigenvalue weighted by Crippen LogP contribution is -2.36. The molecule has 32 heavy (non-hydrogen) atoms. The lowest BCUT2D eigenvalue weighted by Gasteiger charge is -2.19. The van der Waals surface area contributed by atoms with E-state index in [-0.39, 0.29) is 4.91 Å².